The molecular weight excluding hydrogens is 239 g/mol. The highest BCUT2D eigenvalue weighted by atomic mass is 19.4. The fraction of sp³-hybridized carbons (Fsp3) is 0.444. The second-order valence-electron chi connectivity index (χ2n) is 3.42. The van der Waals surface area contributed by atoms with E-state index < -0.39 is 23.9 Å². The van der Waals surface area contributed by atoms with Crippen LogP contribution >= 0.6 is 0 Å². The predicted molar refractivity (Wildman–Crippen MR) is 52.5 cm³/mol. The Morgan fingerprint density at radius 3 is 2.53 bits per heavy atom. The average Bonchev–Trinajstić information content (AvgIpc) is 2.15. The predicted octanol–water partition coefficient (Wildman–Crippen LogP) is 1.69. The Morgan fingerprint density at radius 1 is 1.47 bits per heavy atom. The highest BCUT2D eigenvalue weighted by molar-refractivity contribution is 5.75. The molecule has 1 unspecified atom stereocenters. The summed E-state index contributed by atoms with van der Waals surface area (Å²) in [6, 6.07) is -0.283. The van der Waals surface area contributed by atoms with Crippen molar-refractivity contribution in [2.24, 2.45) is 0 Å². The second-order valence-corrected chi connectivity index (χ2v) is 3.42. The summed E-state index contributed by atoms with van der Waals surface area (Å²) >= 11 is 0. The van der Waals surface area contributed by atoms with E-state index in [0.717, 1.165) is 6.07 Å². The Morgan fingerprint density at radius 2 is 2.06 bits per heavy atom. The van der Waals surface area contributed by atoms with Crippen molar-refractivity contribution >= 4 is 11.9 Å². The summed E-state index contributed by atoms with van der Waals surface area (Å²) in [6.07, 6.45) is -4.59. The topological polar surface area (TPSA) is 75.1 Å². The molecule has 0 aliphatic heterocycles. The van der Waals surface area contributed by atoms with Gasteiger partial charge in [0, 0.05) is 5.69 Å². The number of hydrogen-bond acceptors (Lipinski definition) is 4. The van der Waals surface area contributed by atoms with Gasteiger partial charge in [-0.1, -0.05) is 0 Å². The quantitative estimate of drug-likeness (QED) is 0.852. The van der Waals surface area contributed by atoms with Crippen LogP contribution in [0.5, 0.6) is 0 Å². The Hall–Kier alpha value is -1.86. The van der Waals surface area contributed by atoms with E-state index in [4.69, 9.17) is 5.11 Å². The molecule has 1 atom stereocenters. The second kappa shape index (κ2) is 4.56. The maximum absolute atomic E-state index is 12.4. The van der Waals surface area contributed by atoms with Gasteiger partial charge in [-0.2, -0.15) is 13.2 Å². The van der Waals surface area contributed by atoms with Gasteiger partial charge in [0.15, 0.2) is 0 Å². The minimum absolute atomic E-state index is 0.104. The van der Waals surface area contributed by atoms with E-state index in [1.54, 1.807) is 0 Å². The van der Waals surface area contributed by atoms with Gasteiger partial charge in [0.1, 0.15) is 11.7 Å². The third-order valence-corrected chi connectivity index (χ3v) is 1.86. The highest BCUT2D eigenvalue weighted by Gasteiger charge is 2.33. The van der Waals surface area contributed by atoms with Crippen LogP contribution in [0.1, 0.15) is 18.3 Å². The van der Waals surface area contributed by atoms with Gasteiger partial charge in [-0.15, -0.1) is 0 Å². The first kappa shape index (κ1) is 13.2. The van der Waals surface area contributed by atoms with Gasteiger partial charge in [0.05, 0.1) is 0 Å². The normalized spacial score (nSPS) is 13.2. The van der Waals surface area contributed by atoms with Gasteiger partial charge in [0.2, 0.25) is 5.95 Å². The van der Waals surface area contributed by atoms with Gasteiger partial charge < -0.3 is 10.4 Å². The summed E-state index contributed by atoms with van der Waals surface area (Å²) in [4.78, 5) is 17.4. The Bertz CT molecular complexity index is 434. The van der Waals surface area contributed by atoms with Crippen LogP contribution in [0.25, 0.3) is 0 Å². The molecule has 0 aliphatic carbocycles. The zero-order chi connectivity index (χ0) is 13.2. The molecule has 0 amide bonds. The largest absolute Gasteiger partial charge is 0.480 e. The summed E-state index contributed by atoms with van der Waals surface area (Å²) in [6.45, 7) is 2.65. The number of aromatic nitrogens is 2. The van der Waals surface area contributed by atoms with Crippen molar-refractivity contribution in [1.29, 1.82) is 0 Å². The SMILES string of the molecule is Cc1cc(C(F)(F)F)nc(NC(C)C(=O)O)n1. The molecule has 0 saturated heterocycles. The lowest BCUT2D eigenvalue weighted by molar-refractivity contribution is -0.141. The third kappa shape index (κ3) is 3.58. The van der Waals surface area contributed by atoms with Crippen LogP contribution in [0.15, 0.2) is 6.07 Å². The lowest BCUT2D eigenvalue weighted by atomic mass is 10.3. The standard InChI is InChI=1S/C9H10F3N3O2/c1-4-3-6(9(10,11)12)15-8(13-4)14-5(2)7(16)17/h3,5H,1-2H3,(H,16,17)(H,13,14,15). The number of carboxylic acids is 1. The molecule has 5 nitrogen and oxygen atoms in total. The smallest absolute Gasteiger partial charge is 0.433 e. The molecule has 1 aromatic rings. The number of nitrogens with one attached hydrogen (secondary N) is 1. The molecular formula is C9H10F3N3O2. The maximum Gasteiger partial charge on any atom is 0.433 e. The number of alkyl halides is 3. The molecule has 1 rings (SSSR count). The number of aryl methyl sites for hydroxylation is 1. The van der Waals surface area contributed by atoms with E-state index in [2.05, 4.69) is 15.3 Å². The maximum atomic E-state index is 12.4. The third-order valence-electron chi connectivity index (χ3n) is 1.86. The molecule has 0 radical (unpaired) electrons. The molecule has 0 bridgehead atoms. The number of carbonyl (C=O) groups is 1. The molecule has 94 valence electrons. The highest BCUT2D eigenvalue weighted by Crippen LogP contribution is 2.28. The molecule has 0 aromatic carbocycles. The van der Waals surface area contributed by atoms with E-state index in [9.17, 15) is 18.0 Å². The Balaban J connectivity index is 3.02. The molecule has 0 fully saturated rings. The van der Waals surface area contributed by atoms with Crippen LogP contribution in [-0.2, 0) is 11.0 Å². The lowest BCUT2D eigenvalue weighted by Crippen LogP contribution is -2.27. The van der Waals surface area contributed by atoms with Crippen molar-refractivity contribution in [2.45, 2.75) is 26.1 Å². The first-order valence-corrected chi connectivity index (χ1v) is 4.62. The molecule has 0 aliphatic rings. The molecule has 2 N–H and O–H groups in total. The summed E-state index contributed by atoms with van der Waals surface area (Å²) in [5.74, 6) is -1.56. The molecule has 8 heteroatoms. The van der Waals surface area contributed by atoms with E-state index in [0.29, 0.717) is 0 Å². The number of halogens is 3. The Kier molecular flexibility index (Phi) is 3.54. The van der Waals surface area contributed by atoms with E-state index in [1.807, 2.05) is 0 Å². The van der Waals surface area contributed by atoms with Crippen LogP contribution in [0.4, 0.5) is 19.1 Å². The monoisotopic (exact) mass is 249 g/mol. The molecule has 17 heavy (non-hydrogen) atoms. The minimum atomic E-state index is -4.59. The van der Waals surface area contributed by atoms with Crippen LogP contribution < -0.4 is 5.32 Å². The summed E-state index contributed by atoms with van der Waals surface area (Å²) in [5, 5.41) is 10.9. The van der Waals surface area contributed by atoms with E-state index in [-0.39, 0.29) is 11.6 Å². The minimum Gasteiger partial charge on any atom is -0.480 e. The van der Waals surface area contributed by atoms with Crippen molar-refractivity contribution in [3.05, 3.63) is 17.5 Å². The molecule has 0 saturated carbocycles. The average molecular weight is 249 g/mol. The lowest BCUT2D eigenvalue weighted by Gasteiger charge is -2.12. The fourth-order valence-corrected chi connectivity index (χ4v) is 1.03. The number of carboxylic acid groups (broad SMARTS) is 1. The molecule has 0 spiro atoms. The number of hydrogen-bond donors (Lipinski definition) is 2. The number of rotatable bonds is 3. The van der Waals surface area contributed by atoms with Gasteiger partial charge >= 0.3 is 12.1 Å². The van der Waals surface area contributed by atoms with Crippen molar-refractivity contribution in [3.8, 4) is 0 Å². The van der Waals surface area contributed by atoms with Crippen molar-refractivity contribution in [3.63, 3.8) is 0 Å². The van der Waals surface area contributed by atoms with Gasteiger partial charge in [-0.05, 0) is 19.9 Å². The van der Waals surface area contributed by atoms with Crippen LogP contribution in [0, 0.1) is 6.92 Å². The van der Waals surface area contributed by atoms with Crippen LogP contribution in [0.3, 0.4) is 0 Å². The van der Waals surface area contributed by atoms with Crippen molar-refractivity contribution in [1.82, 2.24) is 9.97 Å². The molecule has 1 aromatic heterocycles. The summed E-state index contributed by atoms with van der Waals surface area (Å²) in [5.41, 5.74) is -1.00. The van der Waals surface area contributed by atoms with E-state index >= 15 is 0 Å². The van der Waals surface area contributed by atoms with Crippen molar-refractivity contribution in [2.75, 3.05) is 5.32 Å². The zero-order valence-corrected chi connectivity index (χ0v) is 9.04. The van der Waals surface area contributed by atoms with E-state index in [1.165, 1.54) is 13.8 Å². The number of aliphatic carboxylic acids is 1. The summed E-state index contributed by atoms with van der Waals surface area (Å²) < 4.78 is 37.2. The first-order valence-electron chi connectivity index (χ1n) is 4.62. The van der Waals surface area contributed by atoms with Gasteiger partial charge in [-0.3, -0.25) is 4.79 Å². The Labute approximate surface area is 94.7 Å². The number of nitrogens with zero attached hydrogens (tertiary/aromatic N) is 2. The zero-order valence-electron chi connectivity index (χ0n) is 9.04. The number of anilines is 1. The first-order chi connectivity index (χ1) is 7.70. The fourth-order valence-electron chi connectivity index (χ4n) is 1.03. The van der Waals surface area contributed by atoms with Crippen LogP contribution in [-0.4, -0.2) is 27.1 Å². The van der Waals surface area contributed by atoms with Crippen LogP contribution in [0.2, 0.25) is 0 Å². The molecule has 1 heterocycles. The summed E-state index contributed by atoms with van der Waals surface area (Å²) in [7, 11) is 0. The van der Waals surface area contributed by atoms with Gasteiger partial charge in [0.25, 0.3) is 0 Å². The van der Waals surface area contributed by atoms with Gasteiger partial charge in [-0.25, -0.2) is 9.97 Å². The van der Waals surface area contributed by atoms with Crippen molar-refractivity contribution < 1.29 is 23.1 Å².